The molecule has 0 unspecified atom stereocenters. The molecule has 0 saturated heterocycles. The zero-order valence-corrected chi connectivity index (χ0v) is 14.4. The molecule has 3 heteroatoms. The molecule has 1 heterocycles. The van der Waals surface area contributed by atoms with E-state index in [9.17, 15) is 0 Å². The molecular weight excluding hydrogens is 306 g/mol. The smallest absolute Gasteiger partial charge is 0.130 e. The van der Waals surface area contributed by atoms with Gasteiger partial charge in [-0.1, -0.05) is 49.7 Å². The first kappa shape index (κ1) is 15.8. The van der Waals surface area contributed by atoms with Crippen LogP contribution < -0.4 is 4.74 Å². The van der Waals surface area contributed by atoms with Gasteiger partial charge in [-0.15, -0.1) is 0 Å². The lowest BCUT2D eigenvalue weighted by molar-refractivity contribution is 0.271. The molecule has 0 atom stereocenters. The van der Waals surface area contributed by atoms with Crippen molar-refractivity contribution in [1.82, 2.24) is 4.98 Å². The van der Waals surface area contributed by atoms with E-state index in [1.165, 1.54) is 11.1 Å². The zero-order valence-electron chi connectivity index (χ0n) is 13.6. The van der Waals surface area contributed by atoms with Gasteiger partial charge in [0.05, 0.1) is 12.1 Å². The van der Waals surface area contributed by atoms with Gasteiger partial charge in [0, 0.05) is 11.5 Å². The van der Waals surface area contributed by atoms with E-state index >= 15 is 0 Å². The summed E-state index contributed by atoms with van der Waals surface area (Å²) in [5.41, 5.74) is 4.36. The van der Waals surface area contributed by atoms with E-state index in [1.807, 2.05) is 30.3 Å². The first-order chi connectivity index (χ1) is 11.0. The lowest BCUT2D eigenvalue weighted by Crippen LogP contribution is -2.04. The number of pyridine rings is 1. The minimum Gasteiger partial charge on any atom is -0.493 e. The predicted octanol–water partition coefficient (Wildman–Crippen LogP) is 5.90. The predicted molar refractivity (Wildman–Crippen MR) is 97.3 cm³/mol. The summed E-state index contributed by atoms with van der Waals surface area (Å²) in [5.74, 6) is 1.32. The number of benzene rings is 2. The number of nitrogens with zero attached hydrogens (tertiary/aromatic N) is 1. The van der Waals surface area contributed by atoms with Gasteiger partial charge in [-0.3, -0.25) is 0 Å². The van der Waals surface area contributed by atoms with Gasteiger partial charge >= 0.3 is 0 Å². The Morgan fingerprint density at radius 2 is 1.83 bits per heavy atom. The molecule has 0 bridgehead atoms. The number of hydrogen-bond acceptors (Lipinski definition) is 2. The fraction of sp³-hybridized carbons (Fsp3) is 0.250. The van der Waals surface area contributed by atoms with Crippen molar-refractivity contribution in [3.8, 4) is 16.9 Å². The Balaban J connectivity index is 2.11. The van der Waals surface area contributed by atoms with Crippen molar-refractivity contribution in [2.24, 2.45) is 5.92 Å². The third kappa shape index (κ3) is 3.48. The molecule has 0 aliphatic heterocycles. The maximum Gasteiger partial charge on any atom is 0.130 e. The molecule has 0 N–H and O–H groups in total. The molecular formula is C20H20ClNO. The number of aryl methyl sites for hydroxylation is 1. The highest BCUT2D eigenvalue weighted by atomic mass is 35.5. The number of ether oxygens (including phenoxy) is 1. The minimum absolute atomic E-state index is 0.487. The number of aromatic nitrogens is 1. The van der Waals surface area contributed by atoms with Crippen molar-refractivity contribution in [3.05, 3.63) is 59.2 Å². The maximum absolute atomic E-state index is 6.25. The van der Waals surface area contributed by atoms with Gasteiger partial charge < -0.3 is 4.74 Å². The number of rotatable bonds is 4. The van der Waals surface area contributed by atoms with Crippen molar-refractivity contribution >= 4 is 22.5 Å². The second-order valence-electron chi connectivity index (χ2n) is 6.19. The summed E-state index contributed by atoms with van der Waals surface area (Å²) in [6.45, 7) is 7.06. The normalized spacial score (nSPS) is 11.2. The number of halogens is 1. The summed E-state index contributed by atoms with van der Waals surface area (Å²) in [5, 5.41) is 1.58. The highest BCUT2D eigenvalue weighted by molar-refractivity contribution is 6.30. The highest BCUT2D eigenvalue weighted by Gasteiger charge is 2.10. The van der Waals surface area contributed by atoms with Crippen LogP contribution >= 0.6 is 11.6 Å². The summed E-state index contributed by atoms with van der Waals surface area (Å²) in [7, 11) is 0. The first-order valence-corrected chi connectivity index (χ1v) is 8.21. The molecule has 23 heavy (non-hydrogen) atoms. The Morgan fingerprint density at radius 1 is 1.04 bits per heavy atom. The van der Waals surface area contributed by atoms with Crippen LogP contribution in [0.4, 0.5) is 0 Å². The molecule has 1 aromatic heterocycles. The summed E-state index contributed by atoms with van der Waals surface area (Å²) < 4.78 is 5.80. The van der Waals surface area contributed by atoms with Crippen molar-refractivity contribution in [2.75, 3.05) is 6.61 Å². The minimum atomic E-state index is 0.487. The van der Waals surface area contributed by atoms with Gasteiger partial charge in [-0.25, -0.2) is 4.98 Å². The molecule has 0 fully saturated rings. The second-order valence-corrected chi connectivity index (χ2v) is 6.58. The van der Waals surface area contributed by atoms with Gasteiger partial charge in [0.25, 0.3) is 0 Å². The van der Waals surface area contributed by atoms with Gasteiger partial charge in [0.1, 0.15) is 10.9 Å². The van der Waals surface area contributed by atoms with Crippen LogP contribution in [-0.4, -0.2) is 11.6 Å². The van der Waals surface area contributed by atoms with E-state index in [4.69, 9.17) is 16.3 Å². The van der Waals surface area contributed by atoms with Gasteiger partial charge in [-0.2, -0.15) is 0 Å². The SMILES string of the molecule is Cc1ccccc1-c1cc(Cl)nc2cc(OCC(C)C)ccc12. The van der Waals surface area contributed by atoms with Crippen LogP contribution in [0, 0.1) is 12.8 Å². The fourth-order valence-electron chi connectivity index (χ4n) is 2.63. The number of fused-ring (bicyclic) bond motifs is 1. The Labute approximate surface area is 142 Å². The Kier molecular flexibility index (Phi) is 4.53. The Morgan fingerprint density at radius 3 is 2.57 bits per heavy atom. The largest absolute Gasteiger partial charge is 0.493 e. The van der Waals surface area contributed by atoms with Crippen LogP contribution in [0.3, 0.4) is 0 Å². The van der Waals surface area contributed by atoms with Gasteiger partial charge in [0.15, 0.2) is 0 Å². The molecule has 0 spiro atoms. The topological polar surface area (TPSA) is 22.1 Å². The number of hydrogen-bond donors (Lipinski definition) is 0. The van der Waals surface area contributed by atoms with Crippen LogP contribution in [-0.2, 0) is 0 Å². The van der Waals surface area contributed by atoms with Crippen LogP contribution in [0.25, 0.3) is 22.0 Å². The average Bonchev–Trinajstić information content (AvgIpc) is 2.52. The van der Waals surface area contributed by atoms with E-state index < -0.39 is 0 Å². The van der Waals surface area contributed by atoms with Gasteiger partial charge in [0.2, 0.25) is 0 Å². The zero-order chi connectivity index (χ0) is 16.4. The van der Waals surface area contributed by atoms with Crippen molar-refractivity contribution < 1.29 is 4.74 Å². The molecule has 0 amide bonds. The Bertz CT molecular complexity index is 842. The second kappa shape index (κ2) is 6.59. The lowest BCUT2D eigenvalue weighted by atomic mass is 9.97. The molecule has 0 saturated carbocycles. The van der Waals surface area contributed by atoms with Gasteiger partial charge in [-0.05, 0) is 47.7 Å². The Hall–Kier alpha value is -2.06. The van der Waals surface area contributed by atoms with Crippen molar-refractivity contribution in [3.63, 3.8) is 0 Å². The highest BCUT2D eigenvalue weighted by Crippen LogP contribution is 2.33. The molecule has 2 aromatic carbocycles. The average molecular weight is 326 g/mol. The quantitative estimate of drug-likeness (QED) is 0.557. The molecule has 3 rings (SSSR count). The monoisotopic (exact) mass is 325 g/mol. The van der Waals surface area contributed by atoms with E-state index in [0.29, 0.717) is 17.7 Å². The summed E-state index contributed by atoms with van der Waals surface area (Å²) in [4.78, 5) is 4.46. The van der Waals surface area contributed by atoms with E-state index in [1.54, 1.807) is 0 Å². The summed E-state index contributed by atoms with van der Waals surface area (Å²) >= 11 is 6.25. The van der Waals surface area contributed by atoms with Crippen LogP contribution in [0.5, 0.6) is 5.75 Å². The van der Waals surface area contributed by atoms with Crippen LogP contribution in [0.2, 0.25) is 5.15 Å². The maximum atomic E-state index is 6.25. The summed E-state index contributed by atoms with van der Waals surface area (Å²) in [6, 6.07) is 16.3. The van der Waals surface area contributed by atoms with Crippen molar-refractivity contribution in [2.45, 2.75) is 20.8 Å². The summed E-state index contributed by atoms with van der Waals surface area (Å²) in [6.07, 6.45) is 0. The fourth-order valence-corrected chi connectivity index (χ4v) is 2.83. The molecule has 3 aromatic rings. The van der Waals surface area contributed by atoms with Crippen LogP contribution in [0.1, 0.15) is 19.4 Å². The lowest BCUT2D eigenvalue weighted by Gasteiger charge is -2.12. The van der Waals surface area contributed by atoms with Crippen molar-refractivity contribution in [1.29, 1.82) is 0 Å². The van der Waals surface area contributed by atoms with E-state index in [2.05, 4.69) is 44.0 Å². The third-order valence-electron chi connectivity index (χ3n) is 3.77. The van der Waals surface area contributed by atoms with Crippen LogP contribution in [0.15, 0.2) is 48.5 Å². The van der Waals surface area contributed by atoms with E-state index in [-0.39, 0.29) is 0 Å². The first-order valence-electron chi connectivity index (χ1n) is 7.83. The molecule has 0 radical (unpaired) electrons. The standard InChI is InChI=1S/C20H20ClNO/c1-13(2)12-23-15-8-9-17-18(11-20(21)22-19(17)10-15)16-7-5-4-6-14(16)3/h4-11,13H,12H2,1-3H3. The molecule has 2 nitrogen and oxygen atoms in total. The third-order valence-corrected chi connectivity index (χ3v) is 3.96. The molecule has 0 aliphatic carbocycles. The molecule has 118 valence electrons. The van der Waals surface area contributed by atoms with E-state index in [0.717, 1.165) is 22.2 Å². The molecule has 0 aliphatic rings.